The van der Waals surface area contributed by atoms with Gasteiger partial charge in [0.1, 0.15) is 11.6 Å². The third-order valence-electron chi connectivity index (χ3n) is 2.76. The van der Waals surface area contributed by atoms with Crippen molar-refractivity contribution in [3.63, 3.8) is 0 Å². The Kier molecular flexibility index (Phi) is 3.90. The van der Waals surface area contributed by atoms with Crippen LogP contribution in [0.1, 0.15) is 12.5 Å². The van der Waals surface area contributed by atoms with Crippen LogP contribution < -0.4 is 15.2 Å². The van der Waals surface area contributed by atoms with Crippen LogP contribution >= 0.6 is 0 Å². The summed E-state index contributed by atoms with van der Waals surface area (Å²) in [6.45, 7) is 2.06. The average molecular weight is 261 g/mol. The number of hydrogen-bond acceptors (Lipinski definition) is 3. The van der Waals surface area contributed by atoms with Crippen molar-refractivity contribution in [1.82, 2.24) is 0 Å². The first kappa shape index (κ1) is 13.2. The number of rotatable bonds is 4. The minimum absolute atomic E-state index is 0.319. The molecule has 0 saturated carbocycles. The van der Waals surface area contributed by atoms with E-state index in [9.17, 15) is 4.39 Å². The van der Waals surface area contributed by atoms with Crippen LogP contribution in [0.25, 0.3) is 0 Å². The highest BCUT2D eigenvalue weighted by Crippen LogP contribution is 2.33. The molecule has 2 rings (SSSR count). The molecule has 4 heteroatoms. The van der Waals surface area contributed by atoms with E-state index in [1.165, 1.54) is 12.1 Å². The minimum atomic E-state index is -0.431. The summed E-state index contributed by atoms with van der Waals surface area (Å²) >= 11 is 0. The summed E-state index contributed by atoms with van der Waals surface area (Å²) in [6, 6.07) is 9.74. The minimum Gasteiger partial charge on any atom is -0.493 e. The Morgan fingerprint density at radius 3 is 2.53 bits per heavy atom. The molecule has 0 aromatic heterocycles. The van der Waals surface area contributed by atoms with Crippen molar-refractivity contribution >= 4 is 5.69 Å². The van der Waals surface area contributed by atoms with Crippen molar-refractivity contribution in [2.45, 2.75) is 13.3 Å². The summed E-state index contributed by atoms with van der Waals surface area (Å²) in [5.41, 5.74) is 7.04. The standard InChI is InChI=1S/C15H16FNO2/c1-3-10-4-5-14(15(6-10)18-2)19-13-8-11(16)7-12(17)9-13/h4-9H,3,17H2,1-2H3. The van der Waals surface area contributed by atoms with Crippen LogP contribution in [0.15, 0.2) is 36.4 Å². The van der Waals surface area contributed by atoms with E-state index in [0.29, 0.717) is 22.9 Å². The van der Waals surface area contributed by atoms with Crippen molar-refractivity contribution in [2.75, 3.05) is 12.8 Å². The van der Waals surface area contributed by atoms with Gasteiger partial charge in [0.25, 0.3) is 0 Å². The SMILES string of the molecule is CCc1ccc(Oc2cc(N)cc(F)c2)c(OC)c1. The van der Waals surface area contributed by atoms with Crippen LogP contribution in [0.5, 0.6) is 17.2 Å². The molecular weight excluding hydrogens is 245 g/mol. The fraction of sp³-hybridized carbons (Fsp3) is 0.200. The molecule has 0 amide bonds. The molecule has 2 N–H and O–H groups in total. The molecule has 0 radical (unpaired) electrons. The molecule has 2 aromatic carbocycles. The van der Waals surface area contributed by atoms with Gasteiger partial charge in [-0.05, 0) is 30.2 Å². The topological polar surface area (TPSA) is 44.5 Å². The Hall–Kier alpha value is -2.23. The number of methoxy groups -OCH3 is 1. The molecule has 0 heterocycles. The lowest BCUT2D eigenvalue weighted by atomic mass is 10.1. The van der Waals surface area contributed by atoms with Gasteiger partial charge in [0, 0.05) is 17.8 Å². The largest absolute Gasteiger partial charge is 0.493 e. The zero-order valence-corrected chi connectivity index (χ0v) is 10.9. The third-order valence-corrected chi connectivity index (χ3v) is 2.76. The molecule has 3 nitrogen and oxygen atoms in total. The summed E-state index contributed by atoms with van der Waals surface area (Å²) in [6.07, 6.45) is 0.906. The molecule has 0 atom stereocenters. The monoisotopic (exact) mass is 261 g/mol. The number of anilines is 1. The summed E-state index contributed by atoms with van der Waals surface area (Å²) in [5, 5.41) is 0. The maximum atomic E-state index is 13.2. The smallest absolute Gasteiger partial charge is 0.169 e. The van der Waals surface area contributed by atoms with Gasteiger partial charge < -0.3 is 15.2 Å². The predicted octanol–water partition coefficient (Wildman–Crippen LogP) is 3.77. The molecule has 19 heavy (non-hydrogen) atoms. The Labute approximate surface area is 111 Å². The van der Waals surface area contributed by atoms with Crippen molar-refractivity contribution in [3.8, 4) is 17.2 Å². The molecule has 100 valence electrons. The Morgan fingerprint density at radius 1 is 1.11 bits per heavy atom. The molecule has 2 aromatic rings. The van der Waals surface area contributed by atoms with Crippen molar-refractivity contribution < 1.29 is 13.9 Å². The van der Waals surface area contributed by atoms with Crippen molar-refractivity contribution in [3.05, 3.63) is 47.8 Å². The zero-order valence-electron chi connectivity index (χ0n) is 10.9. The van der Waals surface area contributed by atoms with Gasteiger partial charge in [0.2, 0.25) is 0 Å². The number of aryl methyl sites for hydroxylation is 1. The normalized spacial score (nSPS) is 10.3. The van der Waals surface area contributed by atoms with Crippen LogP contribution in [-0.2, 0) is 6.42 Å². The predicted molar refractivity (Wildman–Crippen MR) is 73.3 cm³/mol. The number of halogens is 1. The second-order valence-corrected chi connectivity index (χ2v) is 4.16. The molecule has 0 aliphatic rings. The van der Waals surface area contributed by atoms with Gasteiger partial charge in [0.15, 0.2) is 11.5 Å². The van der Waals surface area contributed by atoms with Crippen LogP contribution in [0, 0.1) is 5.82 Å². The summed E-state index contributed by atoms with van der Waals surface area (Å²) in [5.74, 6) is 1.06. The number of benzene rings is 2. The van der Waals surface area contributed by atoms with E-state index in [1.807, 2.05) is 12.1 Å². The highest BCUT2D eigenvalue weighted by Gasteiger charge is 2.08. The van der Waals surface area contributed by atoms with Crippen molar-refractivity contribution in [2.24, 2.45) is 0 Å². The lowest BCUT2D eigenvalue weighted by Gasteiger charge is -2.12. The van der Waals surface area contributed by atoms with Gasteiger partial charge in [-0.3, -0.25) is 0 Å². The molecule has 0 bridgehead atoms. The summed E-state index contributed by atoms with van der Waals surface area (Å²) < 4.78 is 24.1. The van der Waals surface area contributed by atoms with Crippen LogP contribution in [-0.4, -0.2) is 7.11 Å². The van der Waals surface area contributed by atoms with E-state index in [1.54, 1.807) is 19.2 Å². The van der Waals surface area contributed by atoms with E-state index in [-0.39, 0.29) is 0 Å². The van der Waals surface area contributed by atoms with Gasteiger partial charge in [-0.15, -0.1) is 0 Å². The van der Waals surface area contributed by atoms with Crippen LogP contribution in [0.4, 0.5) is 10.1 Å². The van der Waals surface area contributed by atoms with Gasteiger partial charge >= 0.3 is 0 Å². The zero-order chi connectivity index (χ0) is 13.8. The maximum Gasteiger partial charge on any atom is 0.169 e. The number of hydrogen-bond donors (Lipinski definition) is 1. The van der Waals surface area contributed by atoms with E-state index < -0.39 is 5.82 Å². The van der Waals surface area contributed by atoms with E-state index in [0.717, 1.165) is 12.0 Å². The first-order valence-electron chi connectivity index (χ1n) is 6.03. The maximum absolute atomic E-state index is 13.2. The van der Waals surface area contributed by atoms with E-state index in [4.69, 9.17) is 15.2 Å². The Morgan fingerprint density at radius 2 is 1.89 bits per heavy atom. The van der Waals surface area contributed by atoms with E-state index >= 15 is 0 Å². The molecule has 0 unspecified atom stereocenters. The van der Waals surface area contributed by atoms with Gasteiger partial charge in [0.05, 0.1) is 7.11 Å². The molecular formula is C15H16FNO2. The van der Waals surface area contributed by atoms with E-state index in [2.05, 4.69) is 6.92 Å². The Balaban J connectivity index is 2.32. The lowest BCUT2D eigenvalue weighted by Crippen LogP contribution is -1.94. The number of ether oxygens (including phenoxy) is 2. The second kappa shape index (κ2) is 5.61. The number of nitrogen functional groups attached to an aromatic ring is 1. The quantitative estimate of drug-likeness (QED) is 0.852. The first-order chi connectivity index (χ1) is 9.12. The second-order valence-electron chi connectivity index (χ2n) is 4.16. The Bertz CT molecular complexity index is 564. The highest BCUT2D eigenvalue weighted by molar-refractivity contribution is 5.49. The molecule has 0 fully saturated rings. The average Bonchev–Trinajstić information content (AvgIpc) is 2.38. The molecule has 0 saturated heterocycles. The van der Waals surface area contributed by atoms with Gasteiger partial charge in [-0.1, -0.05) is 13.0 Å². The first-order valence-corrected chi connectivity index (χ1v) is 6.03. The summed E-state index contributed by atoms with van der Waals surface area (Å²) in [4.78, 5) is 0. The fourth-order valence-electron chi connectivity index (χ4n) is 1.79. The summed E-state index contributed by atoms with van der Waals surface area (Å²) in [7, 11) is 1.57. The number of nitrogens with two attached hydrogens (primary N) is 1. The third kappa shape index (κ3) is 3.16. The molecule has 0 spiro atoms. The molecule has 0 aliphatic carbocycles. The van der Waals surface area contributed by atoms with Gasteiger partial charge in [-0.2, -0.15) is 0 Å². The van der Waals surface area contributed by atoms with Crippen molar-refractivity contribution in [1.29, 1.82) is 0 Å². The van der Waals surface area contributed by atoms with Crippen LogP contribution in [0.3, 0.4) is 0 Å². The highest BCUT2D eigenvalue weighted by atomic mass is 19.1. The molecule has 0 aliphatic heterocycles. The fourth-order valence-corrected chi connectivity index (χ4v) is 1.79. The lowest BCUT2D eigenvalue weighted by molar-refractivity contribution is 0.377. The van der Waals surface area contributed by atoms with Gasteiger partial charge in [-0.25, -0.2) is 4.39 Å². The van der Waals surface area contributed by atoms with Crippen LogP contribution in [0.2, 0.25) is 0 Å².